The highest BCUT2D eigenvalue weighted by Crippen LogP contribution is 2.30. The molecule has 1 aromatic rings. The van der Waals surface area contributed by atoms with Crippen LogP contribution in [-0.2, 0) is 16.0 Å². The van der Waals surface area contributed by atoms with E-state index in [1.54, 1.807) is 0 Å². The lowest BCUT2D eigenvalue weighted by Crippen LogP contribution is -2.04. The minimum Gasteiger partial charge on any atom is -0.223 e. The van der Waals surface area contributed by atoms with Gasteiger partial charge in [0, 0.05) is 6.26 Å². The molecular weight excluding hydrogens is 267 g/mol. The maximum absolute atomic E-state index is 12.4. The number of benzene rings is 1. The molecule has 0 aromatic heterocycles. The summed E-state index contributed by atoms with van der Waals surface area (Å²) in [6.07, 6.45) is -2.79. The highest BCUT2D eigenvalue weighted by molar-refractivity contribution is 7.95. The Hall–Kier alpha value is -1.81. The van der Waals surface area contributed by atoms with E-state index in [0.717, 1.165) is 30.5 Å². The van der Waals surface area contributed by atoms with Crippen LogP contribution in [0.3, 0.4) is 0 Å². The highest BCUT2D eigenvalue weighted by Gasteiger charge is 2.30. The van der Waals surface area contributed by atoms with Crippen LogP contribution in [0.25, 0.3) is 6.08 Å². The Balaban J connectivity index is 3.30. The first kappa shape index (κ1) is 14.3. The molecule has 3 nitrogen and oxygen atoms in total. The molecule has 1 rings (SSSR count). The normalized spacial score (nSPS) is 13.2. The zero-order valence-electron chi connectivity index (χ0n) is 9.19. The molecule has 0 aliphatic rings. The number of sulfone groups is 1. The Morgan fingerprint density at radius 1 is 1.39 bits per heavy atom. The van der Waals surface area contributed by atoms with E-state index in [-0.39, 0.29) is 5.56 Å². The minimum absolute atomic E-state index is 0.00630. The summed E-state index contributed by atoms with van der Waals surface area (Å²) in [4.78, 5) is -0.582. The molecule has 0 fully saturated rings. The summed E-state index contributed by atoms with van der Waals surface area (Å²) in [5, 5.41) is 8.63. The van der Waals surface area contributed by atoms with Gasteiger partial charge in [-0.15, -0.1) is 0 Å². The molecule has 0 aliphatic heterocycles. The summed E-state index contributed by atoms with van der Waals surface area (Å²) in [7, 11) is -3.74. The summed E-state index contributed by atoms with van der Waals surface area (Å²) in [6.45, 7) is 0. The molecule has 0 aliphatic carbocycles. The third-order valence-corrected chi connectivity index (χ3v) is 3.03. The standard InChI is InChI=1S/C11H8F3NO2S/c1-18(16,17)10(7-15)6-8-3-2-4-9(5-8)11(12,13)14/h2-6H,1H3. The molecule has 0 saturated heterocycles. The van der Waals surface area contributed by atoms with Gasteiger partial charge < -0.3 is 0 Å². The molecule has 0 unspecified atom stereocenters. The van der Waals surface area contributed by atoms with Crippen molar-refractivity contribution < 1.29 is 21.6 Å². The van der Waals surface area contributed by atoms with Crippen LogP contribution in [0, 0.1) is 11.3 Å². The second-order valence-corrected chi connectivity index (χ2v) is 5.50. The molecule has 0 bridgehead atoms. The number of allylic oxidation sites excluding steroid dienone is 1. The first-order valence-corrected chi connectivity index (χ1v) is 6.53. The predicted octanol–water partition coefficient (Wildman–Crippen LogP) is 2.61. The van der Waals surface area contributed by atoms with Gasteiger partial charge in [-0.25, -0.2) is 8.42 Å². The van der Waals surface area contributed by atoms with Crippen molar-refractivity contribution in [2.24, 2.45) is 0 Å². The van der Waals surface area contributed by atoms with Crippen LogP contribution in [0.4, 0.5) is 13.2 Å². The third-order valence-electron chi connectivity index (χ3n) is 2.02. The van der Waals surface area contributed by atoms with E-state index >= 15 is 0 Å². The van der Waals surface area contributed by atoms with Crippen molar-refractivity contribution in [3.63, 3.8) is 0 Å². The van der Waals surface area contributed by atoms with E-state index in [2.05, 4.69) is 0 Å². The van der Waals surface area contributed by atoms with Crippen molar-refractivity contribution >= 4 is 15.9 Å². The molecule has 0 saturated carbocycles. The van der Waals surface area contributed by atoms with E-state index in [4.69, 9.17) is 5.26 Å². The maximum atomic E-state index is 12.4. The van der Waals surface area contributed by atoms with Gasteiger partial charge >= 0.3 is 6.18 Å². The molecule has 96 valence electrons. The fraction of sp³-hybridized carbons (Fsp3) is 0.182. The van der Waals surface area contributed by atoms with Crippen LogP contribution in [0.1, 0.15) is 11.1 Å². The topological polar surface area (TPSA) is 57.9 Å². The Labute approximate surface area is 102 Å². The fourth-order valence-corrected chi connectivity index (χ4v) is 1.69. The largest absolute Gasteiger partial charge is 0.416 e. The van der Waals surface area contributed by atoms with Crippen molar-refractivity contribution in [1.82, 2.24) is 0 Å². The molecular formula is C11H8F3NO2S. The number of hydrogen-bond acceptors (Lipinski definition) is 3. The molecule has 0 N–H and O–H groups in total. The van der Waals surface area contributed by atoms with Gasteiger partial charge in [0.1, 0.15) is 11.0 Å². The number of hydrogen-bond donors (Lipinski definition) is 0. The minimum atomic E-state index is -4.51. The number of nitriles is 1. The lowest BCUT2D eigenvalue weighted by Gasteiger charge is -2.06. The van der Waals surface area contributed by atoms with Gasteiger partial charge in [-0.1, -0.05) is 12.1 Å². The van der Waals surface area contributed by atoms with Crippen molar-refractivity contribution in [3.8, 4) is 6.07 Å². The van der Waals surface area contributed by atoms with Crippen molar-refractivity contribution in [3.05, 3.63) is 40.3 Å². The summed E-state index contributed by atoms with van der Waals surface area (Å²) in [5.74, 6) is 0. The van der Waals surface area contributed by atoms with E-state index in [9.17, 15) is 21.6 Å². The zero-order chi connectivity index (χ0) is 14.0. The van der Waals surface area contributed by atoms with Crippen molar-refractivity contribution in [2.45, 2.75) is 6.18 Å². The van der Waals surface area contributed by atoms with Crippen LogP contribution in [0.15, 0.2) is 29.2 Å². The Morgan fingerprint density at radius 2 is 2.00 bits per heavy atom. The maximum Gasteiger partial charge on any atom is 0.416 e. The predicted molar refractivity (Wildman–Crippen MR) is 59.9 cm³/mol. The molecule has 0 heterocycles. The first-order valence-electron chi connectivity index (χ1n) is 4.63. The van der Waals surface area contributed by atoms with Crippen LogP contribution in [-0.4, -0.2) is 14.7 Å². The second kappa shape index (κ2) is 4.82. The Bertz CT molecular complexity index is 624. The summed E-state index contributed by atoms with van der Waals surface area (Å²) >= 11 is 0. The Morgan fingerprint density at radius 3 is 2.44 bits per heavy atom. The average Bonchev–Trinajstić information content (AvgIpc) is 2.23. The molecule has 7 heteroatoms. The number of halogens is 3. The molecule has 0 radical (unpaired) electrons. The van der Waals surface area contributed by atoms with E-state index in [0.29, 0.717) is 0 Å². The average molecular weight is 275 g/mol. The highest BCUT2D eigenvalue weighted by atomic mass is 32.2. The second-order valence-electron chi connectivity index (χ2n) is 3.52. The molecule has 1 aromatic carbocycles. The monoisotopic (exact) mass is 275 g/mol. The smallest absolute Gasteiger partial charge is 0.223 e. The van der Waals surface area contributed by atoms with Crippen LogP contribution in [0.5, 0.6) is 0 Å². The van der Waals surface area contributed by atoms with Crippen LogP contribution < -0.4 is 0 Å². The van der Waals surface area contributed by atoms with Gasteiger partial charge in [-0.3, -0.25) is 0 Å². The van der Waals surface area contributed by atoms with Crippen LogP contribution >= 0.6 is 0 Å². The third kappa shape index (κ3) is 3.60. The Kier molecular flexibility index (Phi) is 3.82. The summed E-state index contributed by atoms with van der Waals surface area (Å²) in [5.41, 5.74) is -0.895. The van der Waals surface area contributed by atoms with Crippen molar-refractivity contribution in [1.29, 1.82) is 5.26 Å². The van der Waals surface area contributed by atoms with E-state index < -0.39 is 26.5 Å². The van der Waals surface area contributed by atoms with E-state index in [1.165, 1.54) is 12.1 Å². The lowest BCUT2D eigenvalue weighted by molar-refractivity contribution is -0.137. The summed E-state index contributed by atoms with van der Waals surface area (Å²) < 4.78 is 59.5. The molecule has 0 atom stereocenters. The first-order chi connectivity index (χ1) is 8.14. The van der Waals surface area contributed by atoms with Gasteiger partial charge in [-0.05, 0) is 23.8 Å². The fourth-order valence-electron chi connectivity index (χ4n) is 1.18. The zero-order valence-corrected chi connectivity index (χ0v) is 10.0. The SMILES string of the molecule is CS(=O)(=O)C(C#N)=Cc1cccc(C(F)(F)F)c1. The van der Waals surface area contributed by atoms with E-state index in [1.807, 2.05) is 0 Å². The van der Waals surface area contributed by atoms with Gasteiger partial charge in [-0.2, -0.15) is 18.4 Å². The number of rotatable bonds is 2. The molecule has 18 heavy (non-hydrogen) atoms. The van der Waals surface area contributed by atoms with Crippen molar-refractivity contribution in [2.75, 3.05) is 6.26 Å². The van der Waals surface area contributed by atoms with Gasteiger partial charge in [0.15, 0.2) is 9.84 Å². The van der Waals surface area contributed by atoms with Gasteiger partial charge in [0.05, 0.1) is 5.56 Å². The van der Waals surface area contributed by atoms with Gasteiger partial charge in [0.2, 0.25) is 0 Å². The van der Waals surface area contributed by atoms with Crippen LogP contribution in [0.2, 0.25) is 0 Å². The van der Waals surface area contributed by atoms with Gasteiger partial charge in [0.25, 0.3) is 0 Å². The molecule has 0 amide bonds. The quantitative estimate of drug-likeness (QED) is 0.779. The summed E-state index contributed by atoms with van der Waals surface area (Å²) in [6, 6.07) is 5.52. The number of nitrogens with zero attached hydrogens (tertiary/aromatic N) is 1. The molecule has 0 spiro atoms. The number of alkyl halides is 3. The lowest BCUT2D eigenvalue weighted by atomic mass is 10.1.